The molecule has 0 aliphatic heterocycles. The van der Waals surface area contributed by atoms with Crippen LogP contribution in [-0.4, -0.2) is 4.57 Å². The second-order valence-electron chi connectivity index (χ2n) is 4.06. The summed E-state index contributed by atoms with van der Waals surface area (Å²) in [5.74, 6) is 0. The number of thiophene rings is 1. The van der Waals surface area contributed by atoms with Crippen molar-refractivity contribution in [2.45, 2.75) is 13.1 Å². The van der Waals surface area contributed by atoms with E-state index in [-0.39, 0.29) is 0 Å². The van der Waals surface area contributed by atoms with E-state index in [0.29, 0.717) is 6.54 Å². The molecule has 0 aliphatic carbocycles. The Labute approximate surface area is 104 Å². The van der Waals surface area contributed by atoms with Crippen molar-refractivity contribution >= 4 is 22.2 Å². The maximum atomic E-state index is 5.83. The molecular formula is C14H14N2S. The molecule has 3 rings (SSSR count). The van der Waals surface area contributed by atoms with E-state index in [1.807, 2.05) is 0 Å². The Morgan fingerprint density at radius 3 is 2.76 bits per heavy atom. The number of fused-ring (bicyclic) bond motifs is 1. The second-order valence-corrected chi connectivity index (χ2v) is 5.10. The van der Waals surface area contributed by atoms with Crippen LogP contribution in [0.3, 0.4) is 0 Å². The minimum Gasteiger partial charge on any atom is -0.338 e. The molecule has 3 aromatic rings. The molecule has 1 aromatic carbocycles. The Hall–Kier alpha value is -1.58. The summed E-state index contributed by atoms with van der Waals surface area (Å²) >= 11 is 1.79. The first-order valence-corrected chi connectivity index (χ1v) is 6.56. The highest BCUT2D eigenvalue weighted by Gasteiger charge is 2.07. The minimum atomic E-state index is 0.583. The number of rotatable bonds is 3. The van der Waals surface area contributed by atoms with E-state index < -0.39 is 0 Å². The van der Waals surface area contributed by atoms with Gasteiger partial charge in [-0.3, -0.25) is 0 Å². The van der Waals surface area contributed by atoms with Crippen LogP contribution in [0, 0.1) is 0 Å². The van der Waals surface area contributed by atoms with Gasteiger partial charge in [-0.25, -0.2) is 0 Å². The van der Waals surface area contributed by atoms with Crippen LogP contribution in [0.4, 0.5) is 0 Å². The molecule has 2 nitrogen and oxygen atoms in total. The SMILES string of the molecule is NCc1cc2ccccc2n1Cc1cccs1. The van der Waals surface area contributed by atoms with Gasteiger partial charge in [0, 0.05) is 22.6 Å². The van der Waals surface area contributed by atoms with Crippen molar-refractivity contribution in [1.29, 1.82) is 0 Å². The van der Waals surface area contributed by atoms with Crippen LogP contribution in [0.25, 0.3) is 10.9 Å². The van der Waals surface area contributed by atoms with Crippen molar-refractivity contribution in [3.63, 3.8) is 0 Å². The molecule has 0 unspecified atom stereocenters. The summed E-state index contributed by atoms with van der Waals surface area (Å²) in [5, 5.41) is 3.38. The topological polar surface area (TPSA) is 30.9 Å². The fourth-order valence-electron chi connectivity index (χ4n) is 2.18. The van der Waals surface area contributed by atoms with E-state index >= 15 is 0 Å². The van der Waals surface area contributed by atoms with Gasteiger partial charge in [0.15, 0.2) is 0 Å². The molecule has 0 amide bonds. The van der Waals surface area contributed by atoms with Gasteiger partial charge in [0.05, 0.1) is 6.54 Å². The van der Waals surface area contributed by atoms with E-state index in [1.54, 1.807) is 11.3 Å². The highest BCUT2D eigenvalue weighted by Crippen LogP contribution is 2.22. The fraction of sp³-hybridized carbons (Fsp3) is 0.143. The lowest BCUT2D eigenvalue weighted by Crippen LogP contribution is -2.07. The van der Waals surface area contributed by atoms with Crippen LogP contribution in [0.2, 0.25) is 0 Å². The first-order chi connectivity index (χ1) is 8.38. The molecule has 0 aliphatic rings. The molecule has 2 N–H and O–H groups in total. The van der Waals surface area contributed by atoms with Crippen molar-refractivity contribution in [2.24, 2.45) is 5.73 Å². The molecule has 2 aromatic heterocycles. The average molecular weight is 242 g/mol. The molecule has 0 saturated carbocycles. The van der Waals surface area contributed by atoms with E-state index in [4.69, 9.17) is 5.73 Å². The molecule has 3 heteroatoms. The molecule has 0 fully saturated rings. The summed E-state index contributed by atoms with van der Waals surface area (Å²) in [5.41, 5.74) is 8.29. The first kappa shape index (κ1) is 10.6. The van der Waals surface area contributed by atoms with E-state index in [2.05, 4.69) is 52.4 Å². The molecule has 0 atom stereocenters. The van der Waals surface area contributed by atoms with Crippen LogP contribution in [0.15, 0.2) is 47.8 Å². The number of benzene rings is 1. The van der Waals surface area contributed by atoms with Gasteiger partial charge in [0.1, 0.15) is 0 Å². The van der Waals surface area contributed by atoms with Crippen molar-refractivity contribution in [3.05, 3.63) is 58.4 Å². The lowest BCUT2D eigenvalue weighted by Gasteiger charge is -2.07. The summed E-state index contributed by atoms with van der Waals surface area (Å²) in [6, 6.07) is 14.9. The van der Waals surface area contributed by atoms with Gasteiger partial charge in [-0.2, -0.15) is 0 Å². The highest BCUT2D eigenvalue weighted by molar-refractivity contribution is 7.09. The van der Waals surface area contributed by atoms with Gasteiger partial charge in [0.2, 0.25) is 0 Å². The maximum absolute atomic E-state index is 5.83. The first-order valence-electron chi connectivity index (χ1n) is 5.68. The van der Waals surface area contributed by atoms with E-state index in [0.717, 1.165) is 6.54 Å². The van der Waals surface area contributed by atoms with Gasteiger partial charge in [-0.15, -0.1) is 11.3 Å². The molecule has 86 valence electrons. The summed E-state index contributed by atoms with van der Waals surface area (Å²) in [6.45, 7) is 1.50. The molecule has 17 heavy (non-hydrogen) atoms. The Bertz CT molecular complexity index is 623. The van der Waals surface area contributed by atoms with Gasteiger partial charge >= 0.3 is 0 Å². The van der Waals surface area contributed by atoms with Gasteiger partial charge in [-0.1, -0.05) is 24.3 Å². The Morgan fingerprint density at radius 2 is 2.00 bits per heavy atom. The zero-order chi connectivity index (χ0) is 11.7. The predicted octanol–water partition coefficient (Wildman–Crippen LogP) is 3.21. The smallest absolute Gasteiger partial charge is 0.0572 e. The van der Waals surface area contributed by atoms with Crippen LogP contribution < -0.4 is 5.73 Å². The zero-order valence-electron chi connectivity index (χ0n) is 9.47. The van der Waals surface area contributed by atoms with Gasteiger partial charge < -0.3 is 10.3 Å². The molecule has 0 radical (unpaired) electrons. The highest BCUT2D eigenvalue weighted by atomic mass is 32.1. The molecule has 0 bridgehead atoms. The number of para-hydroxylation sites is 1. The van der Waals surface area contributed by atoms with Crippen molar-refractivity contribution < 1.29 is 0 Å². The molecule has 2 heterocycles. The lowest BCUT2D eigenvalue weighted by atomic mass is 10.2. The van der Waals surface area contributed by atoms with Gasteiger partial charge in [-0.05, 0) is 29.0 Å². The third kappa shape index (κ3) is 1.88. The quantitative estimate of drug-likeness (QED) is 0.751. The van der Waals surface area contributed by atoms with E-state index in [1.165, 1.54) is 21.5 Å². The number of hydrogen-bond donors (Lipinski definition) is 1. The standard InChI is InChI=1S/C14H14N2S/c15-9-12-8-11-4-1-2-6-14(11)16(12)10-13-5-3-7-17-13/h1-8H,9-10,15H2. The Kier molecular flexibility index (Phi) is 2.71. The van der Waals surface area contributed by atoms with Crippen LogP contribution in [0.1, 0.15) is 10.6 Å². The summed E-state index contributed by atoms with van der Waals surface area (Å²) < 4.78 is 2.31. The Morgan fingerprint density at radius 1 is 1.12 bits per heavy atom. The molecule has 0 spiro atoms. The monoisotopic (exact) mass is 242 g/mol. The molecule has 0 saturated heterocycles. The number of hydrogen-bond acceptors (Lipinski definition) is 2. The number of aromatic nitrogens is 1. The van der Waals surface area contributed by atoms with E-state index in [9.17, 15) is 0 Å². The second kappa shape index (κ2) is 4.35. The summed E-state index contributed by atoms with van der Waals surface area (Å²) in [6.07, 6.45) is 0. The fourth-order valence-corrected chi connectivity index (χ4v) is 2.87. The normalized spacial score (nSPS) is 11.1. The summed E-state index contributed by atoms with van der Waals surface area (Å²) in [4.78, 5) is 1.36. The summed E-state index contributed by atoms with van der Waals surface area (Å²) in [7, 11) is 0. The predicted molar refractivity (Wildman–Crippen MR) is 73.3 cm³/mol. The zero-order valence-corrected chi connectivity index (χ0v) is 10.3. The minimum absolute atomic E-state index is 0.583. The maximum Gasteiger partial charge on any atom is 0.0572 e. The number of nitrogens with two attached hydrogens (primary N) is 1. The van der Waals surface area contributed by atoms with Gasteiger partial charge in [0.25, 0.3) is 0 Å². The van der Waals surface area contributed by atoms with Crippen LogP contribution >= 0.6 is 11.3 Å². The van der Waals surface area contributed by atoms with Crippen LogP contribution in [0.5, 0.6) is 0 Å². The largest absolute Gasteiger partial charge is 0.338 e. The Balaban J connectivity index is 2.12. The third-order valence-electron chi connectivity index (χ3n) is 3.00. The average Bonchev–Trinajstić information content (AvgIpc) is 2.98. The molecular weight excluding hydrogens is 228 g/mol. The van der Waals surface area contributed by atoms with Crippen molar-refractivity contribution in [2.75, 3.05) is 0 Å². The van der Waals surface area contributed by atoms with Crippen molar-refractivity contribution in [1.82, 2.24) is 4.57 Å². The van der Waals surface area contributed by atoms with Crippen molar-refractivity contribution in [3.8, 4) is 0 Å². The van der Waals surface area contributed by atoms with Crippen LogP contribution in [-0.2, 0) is 13.1 Å². The third-order valence-corrected chi connectivity index (χ3v) is 3.86. The lowest BCUT2D eigenvalue weighted by molar-refractivity contribution is 0.777. The number of nitrogens with zero attached hydrogens (tertiary/aromatic N) is 1.